The summed E-state index contributed by atoms with van der Waals surface area (Å²) in [6, 6.07) is 9.04. The van der Waals surface area contributed by atoms with Gasteiger partial charge < -0.3 is 24.8 Å². The summed E-state index contributed by atoms with van der Waals surface area (Å²) in [6.07, 6.45) is 4.29. The zero-order chi connectivity index (χ0) is 32.8. The van der Waals surface area contributed by atoms with Gasteiger partial charge in [0.05, 0.1) is 20.3 Å². The molecule has 2 amide bonds. The third-order valence-corrected chi connectivity index (χ3v) is 7.84. The van der Waals surface area contributed by atoms with Crippen LogP contribution in [0.5, 0.6) is 11.9 Å². The van der Waals surface area contributed by atoms with E-state index in [9.17, 15) is 18.0 Å². The molecular formula is C31H32F3N9O4. The summed E-state index contributed by atoms with van der Waals surface area (Å²) in [5.74, 6) is -0.256. The Bertz CT molecular complexity index is 1640. The number of nitrogens with one attached hydrogen (secondary N) is 2. The number of rotatable bonds is 10. The van der Waals surface area contributed by atoms with Crippen molar-refractivity contribution in [3.63, 3.8) is 0 Å². The molecule has 13 nitrogen and oxygen atoms in total. The lowest BCUT2D eigenvalue weighted by molar-refractivity contribution is -0.142. The number of halogens is 3. The number of benzene rings is 1. The minimum atomic E-state index is -4.66. The van der Waals surface area contributed by atoms with Gasteiger partial charge in [-0.2, -0.15) is 18.2 Å². The predicted octanol–water partition coefficient (Wildman–Crippen LogP) is 4.67. The van der Waals surface area contributed by atoms with Crippen LogP contribution in [0.4, 0.5) is 29.9 Å². The van der Waals surface area contributed by atoms with Gasteiger partial charge in [-0.05, 0) is 31.2 Å². The van der Waals surface area contributed by atoms with Crippen molar-refractivity contribution in [2.75, 3.05) is 30.5 Å². The molecule has 47 heavy (non-hydrogen) atoms. The van der Waals surface area contributed by atoms with Gasteiger partial charge in [0, 0.05) is 60.7 Å². The molecule has 0 radical (unpaired) electrons. The second-order valence-electron chi connectivity index (χ2n) is 11.1. The van der Waals surface area contributed by atoms with Crippen LogP contribution in [0.15, 0.2) is 61.3 Å². The van der Waals surface area contributed by atoms with Crippen LogP contribution in [0.3, 0.4) is 0 Å². The molecule has 3 aromatic heterocycles. The fourth-order valence-electron chi connectivity index (χ4n) is 5.26. The van der Waals surface area contributed by atoms with E-state index in [0.29, 0.717) is 43.4 Å². The molecule has 16 heteroatoms. The molecule has 4 aromatic rings. The highest BCUT2D eigenvalue weighted by Crippen LogP contribution is 2.36. The van der Waals surface area contributed by atoms with Crippen molar-refractivity contribution in [3.05, 3.63) is 72.4 Å². The number of alkyl halides is 3. The summed E-state index contributed by atoms with van der Waals surface area (Å²) in [5, 5.41) is 6.12. The first-order valence-electron chi connectivity index (χ1n) is 15.0. The average molecular weight is 652 g/mol. The summed E-state index contributed by atoms with van der Waals surface area (Å²) < 4.78 is 56.1. The highest BCUT2D eigenvalue weighted by atomic mass is 19.4. The maximum absolute atomic E-state index is 13.6. The van der Waals surface area contributed by atoms with Crippen LogP contribution in [0, 0.1) is 0 Å². The summed E-state index contributed by atoms with van der Waals surface area (Å²) in [6.45, 7) is 0.717. The van der Waals surface area contributed by atoms with Crippen LogP contribution >= 0.6 is 0 Å². The van der Waals surface area contributed by atoms with Gasteiger partial charge >= 0.3 is 18.2 Å². The van der Waals surface area contributed by atoms with Crippen molar-refractivity contribution in [2.45, 2.75) is 56.6 Å². The number of nitrogens with zero attached hydrogens (tertiary/aromatic N) is 7. The Morgan fingerprint density at radius 3 is 2.19 bits per heavy atom. The first-order valence-corrected chi connectivity index (χ1v) is 15.0. The van der Waals surface area contributed by atoms with E-state index in [1.807, 2.05) is 30.3 Å². The fourth-order valence-corrected chi connectivity index (χ4v) is 5.26. The molecular weight excluding hydrogens is 619 g/mol. The van der Waals surface area contributed by atoms with E-state index in [1.54, 1.807) is 29.7 Å². The lowest BCUT2D eigenvalue weighted by Crippen LogP contribution is -2.49. The van der Waals surface area contributed by atoms with E-state index >= 15 is 0 Å². The number of aromatic nitrogens is 6. The lowest BCUT2D eigenvalue weighted by atomic mass is 9.90. The molecule has 1 aliphatic heterocycles. The van der Waals surface area contributed by atoms with Crippen LogP contribution in [0.1, 0.15) is 36.8 Å². The van der Waals surface area contributed by atoms with Gasteiger partial charge in [-0.1, -0.05) is 30.3 Å². The Labute approximate surface area is 268 Å². The van der Waals surface area contributed by atoms with Crippen molar-refractivity contribution < 1.29 is 32.2 Å². The molecule has 0 atom stereocenters. The van der Waals surface area contributed by atoms with Gasteiger partial charge in [0.15, 0.2) is 0 Å². The Morgan fingerprint density at radius 1 is 0.936 bits per heavy atom. The first-order chi connectivity index (χ1) is 22.8. The SMILES string of the molecule is COc1ncc(-c2cnc(N(C(=O)NCc3ccccc3)[C@H]3CC[C@@H](Nc4ncc(C(F)(F)F)c(OC5COC5)n4)CC3)nc2)cn1. The molecule has 6 rings (SSSR count). The molecule has 0 unspecified atom stereocenters. The molecule has 1 aromatic carbocycles. The second kappa shape index (κ2) is 14.1. The molecule has 2 N–H and O–H groups in total. The molecule has 1 aliphatic carbocycles. The number of carbonyl (C=O) groups is 1. The van der Waals surface area contributed by atoms with E-state index in [0.717, 1.165) is 11.8 Å². The van der Waals surface area contributed by atoms with Gasteiger partial charge in [0.25, 0.3) is 0 Å². The molecule has 2 fully saturated rings. The Hall–Kier alpha value is -5.12. The average Bonchev–Trinajstić information content (AvgIpc) is 3.07. The highest BCUT2D eigenvalue weighted by molar-refractivity contribution is 5.90. The van der Waals surface area contributed by atoms with E-state index in [-0.39, 0.29) is 49.2 Å². The van der Waals surface area contributed by atoms with Crippen molar-refractivity contribution in [3.8, 4) is 23.0 Å². The van der Waals surface area contributed by atoms with Crippen LogP contribution in [-0.4, -0.2) is 74.4 Å². The lowest BCUT2D eigenvalue weighted by Gasteiger charge is -2.36. The van der Waals surface area contributed by atoms with E-state index < -0.39 is 23.7 Å². The van der Waals surface area contributed by atoms with Crippen LogP contribution in [-0.2, 0) is 17.5 Å². The van der Waals surface area contributed by atoms with Gasteiger partial charge in [-0.15, -0.1) is 0 Å². The number of urea groups is 1. The zero-order valence-electron chi connectivity index (χ0n) is 25.4. The predicted molar refractivity (Wildman–Crippen MR) is 163 cm³/mol. The third-order valence-electron chi connectivity index (χ3n) is 7.84. The van der Waals surface area contributed by atoms with Gasteiger partial charge in [0.2, 0.25) is 17.8 Å². The summed E-state index contributed by atoms with van der Waals surface area (Å²) in [5.41, 5.74) is 1.25. The Kier molecular flexibility index (Phi) is 9.56. The number of anilines is 2. The fraction of sp³-hybridized carbons (Fsp3) is 0.387. The highest BCUT2D eigenvalue weighted by Gasteiger charge is 2.38. The van der Waals surface area contributed by atoms with Crippen LogP contribution < -0.4 is 25.0 Å². The minimum absolute atomic E-state index is 0.0376. The van der Waals surface area contributed by atoms with Crippen LogP contribution in [0.2, 0.25) is 0 Å². The van der Waals surface area contributed by atoms with Gasteiger partial charge in [-0.3, -0.25) is 4.90 Å². The number of ether oxygens (including phenoxy) is 3. The maximum Gasteiger partial charge on any atom is 0.423 e. The van der Waals surface area contributed by atoms with Gasteiger partial charge in [0.1, 0.15) is 11.7 Å². The molecule has 2 aliphatic rings. The topological polar surface area (TPSA) is 149 Å². The molecule has 1 saturated heterocycles. The van der Waals surface area contributed by atoms with Crippen molar-refractivity contribution in [1.29, 1.82) is 0 Å². The molecule has 0 spiro atoms. The van der Waals surface area contributed by atoms with E-state index in [1.165, 1.54) is 7.11 Å². The summed E-state index contributed by atoms with van der Waals surface area (Å²) in [7, 11) is 1.48. The van der Waals surface area contributed by atoms with Crippen molar-refractivity contribution in [2.24, 2.45) is 0 Å². The van der Waals surface area contributed by atoms with Gasteiger partial charge in [-0.25, -0.2) is 29.7 Å². The standard InChI is InChI=1S/C31H32F3N9O4/c1-45-29-38-14-21(15-39-29)20-12-36-28(37-13-20)43(30(44)40-11-19-5-3-2-4-6-19)23-9-7-22(8-10-23)41-27-35-16-25(31(32,33)34)26(42-27)47-24-17-46-18-24/h2-6,12-16,22-24H,7-11,17-18H2,1H3,(H,40,44)(H,35,41,42)/t22-,23+. The largest absolute Gasteiger partial charge is 0.469 e. The summed E-state index contributed by atoms with van der Waals surface area (Å²) >= 11 is 0. The van der Waals surface area contributed by atoms with Crippen LogP contribution in [0.25, 0.3) is 11.1 Å². The third kappa shape index (κ3) is 7.82. The molecule has 1 saturated carbocycles. The van der Waals surface area contributed by atoms with E-state index in [2.05, 4.69) is 40.5 Å². The maximum atomic E-state index is 13.6. The number of hydrogen-bond donors (Lipinski definition) is 2. The second-order valence-corrected chi connectivity index (χ2v) is 11.1. The molecule has 246 valence electrons. The number of hydrogen-bond acceptors (Lipinski definition) is 11. The normalized spacial score (nSPS) is 18.1. The molecule has 0 bridgehead atoms. The van der Waals surface area contributed by atoms with Crippen molar-refractivity contribution >= 4 is 17.9 Å². The molecule has 4 heterocycles. The number of carbonyl (C=O) groups excluding carboxylic acids is 1. The van der Waals surface area contributed by atoms with E-state index in [4.69, 9.17) is 14.2 Å². The number of amides is 2. The number of methoxy groups -OCH3 is 1. The monoisotopic (exact) mass is 651 g/mol. The van der Waals surface area contributed by atoms with Crippen molar-refractivity contribution in [1.82, 2.24) is 35.2 Å². The Morgan fingerprint density at radius 2 is 1.60 bits per heavy atom. The first kappa shape index (κ1) is 31.8. The Balaban J connectivity index is 1.15. The smallest absolute Gasteiger partial charge is 0.423 e. The summed E-state index contributed by atoms with van der Waals surface area (Å²) in [4.78, 5) is 40.5. The minimum Gasteiger partial charge on any atom is -0.469 e. The quantitative estimate of drug-likeness (QED) is 0.246. The zero-order valence-corrected chi connectivity index (χ0v) is 25.4.